The quantitative estimate of drug-likeness (QED) is 0.388. The monoisotopic (exact) mass is 651 g/mol. The molecule has 2 aromatic heterocycles. The van der Waals surface area contributed by atoms with Crippen molar-refractivity contribution in [2.24, 2.45) is 11.3 Å². The number of pyridine rings is 1. The normalized spacial score (nSPS) is 20.0. The molecule has 1 saturated carbocycles. The van der Waals surface area contributed by atoms with E-state index < -0.39 is 23.2 Å². The predicted octanol–water partition coefficient (Wildman–Crippen LogP) is 3.23. The number of hydrogen-bond donors (Lipinski definition) is 2. The van der Waals surface area contributed by atoms with Crippen LogP contribution in [0.25, 0.3) is 5.65 Å². The first-order chi connectivity index (χ1) is 22.6. The average Bonchev–Trinajstić information content (AvgIpc) is 3.81. The molecule has 0 radical (unpaired) electrons. The summed E-state index contributed by atoms with van der Waals surface area (Å²) in [5.74, 6) is -1.48. The van der Waals surface area contributed by atoms with Crippen LogP contribution in [0.15, 0.2) is 36.5 Å². The highest BCUT2D eigenvalue weighted by molar-refractivity contribution is 5.93. The molecule has 0 saturated heterocycles. The summed E-state index contributed by atoms with van der Waals surface area (Å²) in [5.41, 5.74) is 0.492. The molecule has 1 aliphatic heterocycles. The number of methoxy groups -OCH3 is 1. The zero-order valence-electron chi connectivity index (χ0n) is 27.1. The number of imidazole rings is 1. The summed E-state index contributed by atoms with van der Waals surface area (Å²) in [6.07, 6.45) is 4.70. The number of nitrogens with zero attached hydrogens (tertiary/aromatic N) is 3. The minimum absolute atomic E-state index is 0.0463. The smallest absolute Gasteiger partial charge is 0.314 e. The Morgan fingerprint density at radius 1 is 1.13 bits per heavy atom. The fraction of sp³-hybridized carbons (Fsp3) is 0.500. The average molecular weight is 652 g/mol. The van der Waals surface area contributed by atoms with Gasteiger partial charge in [0.2, 0.25) is 11.9 Å². The molecule has 1 fully saturated rings. The molecule has 1 atom stereocenters. The lowest BCUT2D eigenvalue weighted by molar-refractivity contribution is -0.156. The summed E-state index contributed by atoms with van der Waals surface area (Å²) >= 11 is 0. The van der Waals surface area contributed by atoms with Gasteiger partial charge < -0.3 is 29.7 Å². The SMILES string of the molecule is CCOC(=O)C1(CC2CC2)CNC(=O)CCCN(C(=O)c2nc3ccc(C)cn3c2F)CCNC(=O)COc2cc(ccc2OC)C1. The van der Waals surface area contributed by atoms with Crippen LogP contribution >= 0.6 is 0 Å². The van der Waals surface area contributed by atoms with E-state index in [1.807, 2.05) is 13.0 Å². The van der Waals surface area contributed by atoms with Crippen LogP contribution in [0.2, 0.25) is 0 Å². The topological polar surface area (TPSA) is 141 Å². The number of aromatic nitrogens is 2. The Labute approximate surface area is 272 Å². The van der Waals surface area contributed by atoms with E-state index in [0.29, 0.717) is 29.5 Å². The van der Waals surface area contributed by atoms with Crippen molar-refractivity contribution >= 4 is 29.3 Å². The fourth-order valence-electron chi connectivity index (χ4n) is 5.96. The molecule has 47 heavy (non-hydrogen) atoms. The van der Waals surface area contributed by atoms with Crippen LogP contribution in [-0.4, -0.2) is 84.5 Å². The molecule has 3 aromatic rings. The number of aryl methyl sites for hydroxylation is 1. The van der Waals surface area contributed by atoms with E-state index in [0.717, 1.165) is 24.0 Å². The highest BCUT2D eigenvalue weighted by atomic mass is 19.1. The highest BCUT2D eigenvalue weighted by Crippen LogP contribution is 2.43. The number of carbonyl (C=O) groups excluding carboxylic acids is 4. The minimum atomic E-state index is -1.03. The van der Waals surface area contributed by atoms with Gasteiger partial charge in [0.15, 0.2) is 23.8 Å². The molecular weight excluding hydrogens is 609 g/mol. The third kappa shape index (κ3) is 8.19. The Hall–Kier alpha value is -4.68. The number of nitrogens with one attached hydrogen (secondary N) is 2. The summed E-state index contributed by atoms with van der Waals surface area (Å²) in [6, 6.07) is 8.70. The molecule has 0 spiro atoms. The molecule has 2 aliphatic rings. The maximum absolute atomic E-state index is 15.3. The number of hydrogen-bond acceptors (Lipinski definition) is 8. The number of benzene rings is 1. The number of rotatable bonds is 6. The zero-order chi connectivity index (χ0) is 33.6. The number of esters is 1. The van der Waals surface area contributed by atoms with Crippen molar-refractivity contribution in [3.05, 3.63) is 59.3 Å². The molecule has 12 nitrogen and oxygen atoms in total. The van der Waals surface area contributed by atoms with E-state index in [1.165, 1.54) is 16.4 Å². The number of ether oxygens (including phenoxy) is 3. The lowest BCUT2D eigenvalue weighted by Crippen LogP contribution is -2.46. The van der Waals surface area contributed by atoms with E-state index in [-0.39, 0.29) is 76.2 Å². The van der Waals surface area contributed by atoms with Gasteiger partial charge in [0.05, 0.1) is 19.1 Å². The summed E-state index contributed by atoms with van der Waals surface area (Å²) in [4.78, 5) is 58.7. The largest absolute Gasteiger partial charge is 0.493 e. The van der Waals surface area contributed by atoms with Crippen molar-refractivity contribution in [1.29, 1.82) is 0 Å². The van der Waals surface area contributed by atoms with Crippen molar-refractivity contribution < 1.29 is 37.8 Å². The van der Waals surface area contributed by atoms with Crippen molar-refractivity contribution in [3.63, 3.8) is 0 Å². The first kappa shape index (κ1) is 33.7. The van der Waals surface area contributed by atoms with Gasteiger partial charge in [0, 0.05) is 38.8 Å². The first-order valence-corrected chi connectivity index (χ1v) is 16.1. The van der Waals surface area contributed by atoms with Crippen LogP contribution in [0.1, 0.15) is 60.6 Å². The van der Waals surface area contributed by atoms with E-state index in [2.05, 4.69) is 15.6 Å². The molecule has 1 unspecified atom stereocenters. The second-order valence-corrected chi connectivity index (χ2v) is 12.3. The second-order valence-electron chi connectivity index (χ2n) is 12.3. The molecule has 1 aliphatic carbocycles. The molecule has 3 amide bonds. The minimum Gasteiger partial charge on any atom is -0.493 e. The van der Waals surface area contributed by atoms with Crippen molar-refractivity contribution in [3.8, 4) is 11.5 Å². The molecule has 1 aromatic carbocycles. The van der Waals surface area contributed by atoms with Gasteiger partial charge in [-0.05, 0) is 68.4 Å². The van der Waals surface area contributed by atoms with Gasteiger partial charge >= 0.3 is 5.97 Å². The Morgan fingerprint density at radius 2 is 1.94 bits per heavy atom. The lowest BCUT2D eigenvalue weighted by atomic mass is 9.76. The van der Waals surface area contributed by atoms with Crippen LogP contribution < -0.4 is 20.1 Å². The van der Waals surface area contributed by atoms with E-state index in [9.17, 15) is 19.2 Å². The first-order valence-electron chi connectivity index (χ1n) is 16.1. The van der Waals surface area contributed by atoms with Gasteiger partial charge in [0.1, 0.15) is 5.65 Å². The maximum atomic E-state index is 15.3. The Balaban J connectivity index is 1.41. The molecule has 5 rings (SSSR count). The van der Waals surface area contributed by atoms with Crippen molar-refractivity contribution in [2.75, 3.05) is 46.5 Å². The summed E-state index contributed by atoms with van der Waals surface area (Å²) in [5, 5.41) is 5.70. The van der Waals surface area contributed by atoms with E-state index in [4.69, 9.17) is 14.2 Å². The fourth-order valence-corrected chi connectivity index (χ4v) is 5.96. The van der Waals surface area contributed by atoms with E-state index >= 15 is 4.39 Å². The molecule has 2 bridgehead atoms. The van der Waals surface area contributed by atoms with Gasteiger partial charge in [0.25, 0.3) is 11.8 Å². The Bertz CT molecular complexity index is 1640. The van der Waals surface area contributed by atoms with Crippen LogP contribution in [0.4, 0.5) is 4.39 Å². The number of carbonyl (C=O) groups is 4. The third-order valence-electron chi connectivity index (χ3n) is 8.57. The van der Waals surface area contributed by atoms with Gasteiger partial charge in [-0.3, -0.25) is 23.6 Å². The van der Waals surface area contributed by atoms with E-state index in [1.54, 1.807) is 37.4 Å². The molecule has 2 N–H and O–H groups in total. The van der Waals surface area contributed by atoms with Crippen LogP contribution in [0.5, 0.6) is 11.5 Å². The zero-order valence-corrected chi connectivity index (χ0v) is 27.1. The summed E-state index contributed by atoms with van der Waals surface area (Å²) in [6.45, 7) is 3.72. The third-order valence-corrected chi connectivity index (χ3v) is 8.57. The van der Waals surface area contributed by atoms with Crippen molar-refractivity contribution in [2.45, 2.75) is 52.4 Å². The van der Waals surface area contributed by atoms with Crippen LogP contribution in [0.3, 0.4) is 0 Å². The summed E-state index contributed by atoms with van der Waals surface area (Å²) < 4.78 is 33.4. The maximum Gasteiger partial charge on any atom is 0.314 e. The van der Waals surface area contributed by atoms with Gasteiger partial charge in [-0.2, -0.15) is 4.39 Å². The molecule has 3 heterocycles. The Morgan fingerprint density at radius 3 is 2.68 bits per heavy atom. The number of halogens is 1. The number of fused-ring (bicyclic) bond motifs is 3. The molecular formula is C34H42FN5O7. The van der Waals surface area contributed by atoms with Crippen molar-refractivity contribution in [1.82, 2.24) is 24.9 Å². The van der Waals surface area contributed by atoms with Crippen LogP contribution in [-0.2, 0) is 25.5 Å². The van der Waals surface area contributed by atoms with Gasteiger partial charge in [-0.1, -0.05) is 25.0 Å². The number of amides is 3. The Kier molecular flexibility index (Phi) is 10.6. The molecule has 13 heteroatoms. The van der Waals surface area contributed by atoms with Gasteiger partial charge in [-0.25, -0.2) is 4.98 Å². The highest BCUT2D eigenvalue weighted by Gasteiger charge is 2.45. The standard InChI is InChI=1S/C34H42FN5O7/c1-4-46-33(44)34(17-23-8-9-23)18-24-10-11-25(45-3)26(16-24)47-20-29(42)36-13-15-39(14-5-6-28(41)37-21-34)32(43)30-31(35)40-19-22(2)7-12-27(40)38-30/h7,10-12,16,19,23H,4-6,8-9,13-15,17-18,20-21H2,1-3H3,(H,36,42)(H,37,41). The van der Waals surface area contributed by atoms with Crippen LogP contribution in [0, 0.1) is 24.2 Å². The predicted molar refractivity (Wildman–Crippen MR) is 170 cm³/mol. The second kappa shape index (κ2) is 14.8. The molecule has 252 valence electrons. The lowest BCUT2D eigenvalue weighted by Gasteiger charge is -2.32. The van der Waals surface area contributed by atoms with Gasteiger partial charge in [-0.15, -0.1) is 0 Å². The summed E-state index contributed by atoms with van der Waals surface area (Å²) in [7, 11) is 1.49.